The molecule has 1 aliphatic heterocycles. The minimum Gasteiger partial charge on any atom is -0.493 e. The average molecular weight is 613 g/mol. The number of fused-ring (bicyclic) bond motifs is 1. The van der Waals surface area contributed by atoms with Crippen molar-refractivity contribution < 1.29 is 27.4 Å². The summed E-state index contributed by atoms with van der Waals surface area (Å²) in [5, 5.41) is 3.10. The zero-order valence-corrected chi connectivity index (χ0v) is 24.6. The summed E-state index contributed by atoms with van der Waals surface area (Å²) in [7, 11) is 1.60. The number of aromatic nitrogens is 2. The normalized spacial score (nSPS) is 14.6. The number of benzene rings is 3. The minimum absolute atomic E-state index is 0.206. The van der Waals surface area contributed by atoms with E-state index in [0.717, 1.165) is 55.6 Å². The van der Waals surface area contributed by atoms with Gasteiger partial charge in [0.25, 0.3) is 0 Å². The van der Waals surface area contributed by atoms with Crippen molar-refractivity contribution in [1.82, 2.24) is 14.9 Å². The van der Waals surface area contributed by atoms with Crippen LogP contribution in [0.4, 0.5) is 18.9 Å². The highest BCUT2D eigenvalue weighted by molar-refractivity contribution is 6.31. The maximum atomic E-state index is 13.2. The van der Waals surface area contributed by atoms with Crippen molar-refractivity contribution in [3.8, 4) is 22.8 Å². The lowest BCUT2D eigenvalue weighted by Gasteiger charge is -2.30. The van der Waals surface area contributed by atoms with Crippen molar-refractivity contribution in [2.24, 2.45) is 5.92 Å². The molecule has 0 atom stereocenters. The smallest absolute Gasteiger partial charge is 0.417 e. The number of hydrogen-bond acceptors (Lipinski definition) is 6. The number of halogens is 4. The second-order valence-electron chi connectivity index (χ2n) is 10.5. The van der Waals surface area contributed by atoms with E-state index in [9.17, 15) is 18.0 Å². The Labute approximate surface area is 253 Å². The van der Waals surface area contributed by atoms with E-state index in [4.69, 9.17) is 21.1 Å². The van der Waals surface area contributed by atoms with Crippen LogP contribution in [-0.4, -0.2) is 54.1 Å². The molecule has 0 saturated carbocycles. The molecule has 0 radical (unpaired) electrons. The molecule has 1 aliphatic rings. The van der Waals surface area contributed by atoms with Crippen molar-refractivity contribution in [2.75, 3.05) is 38.7 Å². The summed E-state index contributed by atoms with van der Waals surface area (Å²) >= 11 is 5.68. The monoisotopic (exact) mass is 612 g/mol. The van der Waals surface area contributed by atoms with Gasteiger partial charge in [-0.15, -0.1) is 0 Å². The Kier molecular flexibility index (Phi) is 9.37. The van der Waals surface area contributed by atoms with Gasteiger partial charge in [0, 0.05) is 22.7 Å². The molecule has 4 aromatic rings. The summed E-state index contributed by atoms with van der Waals surface area (Å²) in [5.74, 6) is 1.27. The maximum absolute atomic E-state index is 13.2. The lowest BCUT2D eigenvalue weighted by atomic mass is 9.98. The zero-order valence-electron chi connectivity index (χ0n) is 23.9. The Morgan fingerprint density at radius 2 is 1.79 bits per heavy atom. The summed E-state index contributed by atoms with van der Waals surface area (Å²) in [6.07, 6.45) is -1.14. The first kappa shape index (κ1) is 30.6. The number of nitrogens with one attached hydrogen (secondary N) is 1. The van der Waals surface area contributed by atoms with E-state index < -0.39 is 22.7 Å². The molecule has 1 N–H and O–H groups in total. The van der Waals surface area contributed by atoms with Crippen LogP contribution in [0.3, 0.4) is 0 Å². The van der Waals surface area contributed by atoms with Crippen LogP contribution in [0.5, 0.6) is 11.5 Å². The van der Waals surface area contributed by atoms with E-state index in [1.165, 1.54) is 12.4 Å². The van der Waals surface area contributed by atoms with Gasteiger partial charge < -0.3 is 19.7 Å². The van der Waals surface area contributed by atoms with Gasteiger partial charge in [0.05, 0.1) is 41.9 Å². The van der Waals surface area contributed by atoms with E-state index in [-0.39, 0.29) is 12.0 Å². The van der Waals surface area contributed by atoms with Crippen LogP contribution in [0, 0.1) is 5.92 Å². The number of ether oxygens (including phenoxy) is 2. The van der Waals surface area contributed by atoms with Crippen LogP contribution in [0.1, 0.15) is 30.9 Å². The first-order valence-electron chi connectivity index (χ1n) is 14.1. The van der Waals surface area contributed by atoms with Crippen LogP contribution in [0.25, 0.3) is 22.2 Å². The fraction of sp³-hybridized carbons (Fsp3) is 0.344. The molecule has 0 bridgehead atoms. The Bertz CT molecular complexity index is 1590. The highest BCUT2D eigenvalue weighted by Crippen LogP contribution is 2.37. The van der Waals surface area contributed by atoms with Crippen molar-refractivity contribution >= 4 is 34.1 Å². The molecule has 0 spiro atoms. The lowest BCUT2D eigenvalue weighted by molar-refractivity contribution is -0.137. The van der Waals surface area contributed by atoms with Crippen molar-refractivity contribution in [1.29, 1.82) is 0 Å². The van der Waals surface area contributed by atoms with Gasteiger partial charge in [-0.25, -0.2) is 9.97 Å². The number of carbonyl (C=O) groups is 1. The van der Waals surface area contributed by atoms with E-state index in [1.807, 2.05) is 12.1 Å². The predicted octanol–water partition coefficient (Wildman–Crippen LogP) is 7.27. The molecular weight excluding hydrogens is 581 g/mol. The van der Waals surface area contributed by atoms with Gasteiger partial charge in [-0.2, -0.15) is 13.2 Å². The Morgan fingerprint density at radius 1 is 1.05 bits per heavy atom. The number of piperidine rings is 1. The van der Waals surface area contributed by atoms with Crippen LogP contribution in [0.2, 0.25) is 5.02 Å². The second-order valence-corrected chi connectivity index (χ2v) is 11.0. The summed E-state index contributed by atoms with van der Waals surface area (Å²) in [6.45, 7) is 6.05. The average Bonchev–Trinajstić information content (AvgIpc) is 3.00. The van der Waals surface area contributed by atoms with Crippen molar-refractivity contribution in [3.63, 3.8) is 0 Å². The number of carbonyl (C=O) groups excluding carboxylic acids is 1. The van der Waals surface area contributed by atoms with Crippen LogP contribution in [-0.2, 0) is 17.4 Å². The zero-order chi connectivity index (χ0) is 30.6. The number of anilines is 1. The number of rotatable bonds is 9. The van der Waals surface area contributed by atoms with E-state index in [1.54, 1.807) is 31.4 Å². The fourth-order valence-corrected chi connectivity index (χ4v) is 5.47. The molecule has 1 aromatic heterocycles. The lowest BCUT2D eigenvalue weighted by Crippen LogP contribution is -2.35. The molecule has 2 heterocycles. The standard InChI is InChI=1S/C32H32ClF3N4O3/c1-3-40-12-10-20(11-13-40)18-43-29-17-27-24(16-28(29)42-2)31(38-19-37-27)22-5-7-23(8-6-22)39-30(41)15-21-4-9-26(33)25(14-21)32(34,35)36/h4-9,14,16-17,19-20H,3,10-13,15,18H2,1-2H3,(H,39,41). The fourth-order valence-electron chi connectivity index (χ4n) is 5.24. The highest BCUT2D eigenvalue weighted by Gasteiger charge is 2.33. The third-order valence-electron chi connectivity index (χ3n) is 7.69. The summed E-state index contributed by atoms with van der Waals surface area (Å²) in [4.78, 5) is 24.0. The van der Waals surface area contributed by atoms with Gasteiger partial charge in [-0.1, -0.05) is 36.7 Å². The van der Waals surface area contributed by atoms with Crippen LogP contribution >= 0.6 is 11.6 Å². The Morgan fingerprint density at radius 3 is 2.47 bits per heavy atom. The third kappa shape index (κ3) is 7.37. The Balaban J connectivity index is 1.28. The van der Waals surface area contributed by atoms with E-state index in [2.05, 4.69) is 27.1 Å². The molecule has 43 heavy (non-hydrogen) atoms. The quantitative estimate of drug-likeness (QED) is 0.214. The summed E-state index contributed by atoms with van der Waals surface area (Å²) in [6, 6.07) is 14.2. The number of likely N-dealkylation sites (tertiary alicyclic amines) is 1. The van der Waals surface area contributed by atoms with Gasteiger partial charge in [0.15, 0.2) is 11.5 Å². The molecule has 1 fully saturated rings. The van der Waals surface area contributed by atoms with Gasteiger partial charge in [-0.05, 0) is 74.3 Å². The van der Waals surface area contributed by atoms with E-state index in [0.29, 0.717) is 40.9 Å². The Hall–Kier alpha value is -3.89. The first-order valence-corrected chi connectivity index (χ1v) is 14.5. The van der Waals surface area contributed by atoms with Crippen LogP contribution < -0.4 is 14.8 Å². The van der Waals surface area contributed by atoms with Gasteiger partial charge in [0.2, 0.25) is 5.91 Å². The minimum atomic E-state index is -4.60. The molecule has 3 aromatic carbocycles. The maximum Gasteiger partial charge on any atom is 0.417 e. The molecule has 0 aliphatic carbocycles. The number of alkyl halides is 3. The van der Waals surface area contributed by atoms with Gasteiger partial charge in [-0.3, -0.25) is 4.79 Å². The summed E-state index contributed by atoms with van der Waals surface area (Å²) in [5.41, 5.74) is 1.91. The molecule has 11 heteroatoms. The number of methoxy groups -OCH3 is 1. The summed E-state index contributed by atoms with van der Waals surface area (Å²) < 4.78 is 51.4. The van der Waals surface area contributed by atoms with Crippen molar-refractivity contribution in [3.05, 3.63) is 77.1 Å². The van der Waals surface area contributed by atoms with Crippen molar-refractivity contribution in [2.45, 2.75) is 32.4 Å². The molecule has 7 nitrogen and oxygen atoms in total. The van der Waals surface area contributed by atoms with E-state index >= 15 is 0 Å². The number of nitrogens with zero attached hydrogens (tertiary/aromatic N) is 3. The molecule has 1 amide bonds. The number of amides is 1. The molecule has 5 rings (SSSR count). The van der Waals surface area contributed by atoms with Crippen LogP contribution in [0.15, 0.2) is 60.9 Å². The topological polar surface area (TPSA) is 76.6 Å². The highest BCUT2D eigenvalue weighted by atomic mass is 35.5. The third-order valence-corrected chi connectivity index (χ3v) is 8.02. The second kappa shape index (κ2) is 13.2. The SMILES string of the molecule is CCN1CCC(COc2cc3ncnc(-c4ccc(NC(=O)Cc5ccc(Cl)c(C(F)(F)F)c5)cc4)c3cc2OC)CC1. The molecule has 0 unspecified atom stereocenters. The molecule has 226 valence electrons. The number of hydrogen-bond donors (Lipinski definition) is 1. The molecular formula is C32H32ClF3N4O3. The van der Waals surface area contributed by atoms with Gasteiger partial charge in [0.1, 0.15) is 6.33 Å². The predicted molar refractivity (Wildman–Crippen MR) is 161 cm³/mol. The molecule has 1 saturated heterocycles. The largest absolute Gasteiger partial charge is 0.493 e. The van der Waals surface area contributed by atoms with Gasteiger partial charge >= 0.3 is 6.18 Å². The first-order chi connectivity index (χ1) is 20.6.